The predicted molar refractivity (Wildman–Crippen MR) is 89.2 cm³/mol. The minimum absolute atomic E-state index is 0.0720. The van der Waals surface area contributed by atoms with E-state index in [9.17, 15) is 4.79 Å². The highest BCUT2D eigenvalue weighted by molar-refractivity contribution is 5.90. The van der Waals surface area contributed by atoms with Crippen molar-refractivity contribution in [3.05, 3.63) is 47.4 Å². The largest absolute Gasteiger partial charge is 0.309 e. The third-order valence-electron chi connectivity index (χ3n) is 3.98. The summed E-state index contributed by atoms with van der Waals surface area (Å²) in [4.78, 5) is 20.8. The third kappa shape index (κ3) is 3.21. The number of hydrogen-bond acceptors (Lipinski definition) is 4. The average molecular weight is 309 g/mol. The van der Waals surface area contributed by atoms with Crippen LogP contribution < -0.4 is 5.32 Å². The highest BCUT2D eigenvalue weighted by Gasteiger charge is 2.12. The summed E-state index contributed by atoms with van der Waals surface area (Å²) in [6.45, 7) is 3.98. The van der Waals surface area contributed by atoms with Crippen molar-refractivity contribution in [3.63, 3.8) is 0 Å². The van der Waals surface area contributed by atoms with Gasteiger partial charge in [-0.05, 0) is 38.0 Å². The smallest absolute Gasteiger partial charge is 0.225 e. The zero-order valence-corrected chi connectivity index (χ0v) is 13.5. The predicted octanol–water partition coefficient (Wildman–Crippen LogP) is 2.55. The van der Waals surface area contributed by atoms with Crippen molar-refractivity contribution in [1.82, 2.24) is 19.7 Å². The molecule has 0 aliphatic rings. The number of para-hydroxylation sites is 2. The first kappa shape index (κ1) is 15.1. The Kier molecular flexibility index (Phi) is 4.06. The summed E-state index contributed by atoms with van der Waals surface area (Å²) in [7, 11) is 1.91. The first-order valence-electron chi connectivity index (χ1n) is 7.55. The van der Waals surface area contributed by atoms with Gasteiger partial charge in [-0.2, -0.15) is 5.10 Å². The Morgan fingerprint density at radius 2 is 1.96 bits per heavy atom. The maximum absolute atomic E-state index is 12.1. The molecule has 2 heterocycles. The standard InChI is InChI=1S/C17H19N5O/c1-11-13(12(2)22(3)21-11)8-9-17(23)20-16-10-18-14-6-4-5-7-15(14)19-16/h4-7,10H,8-9H2,1-3H3,(H,19,20,23). The molecule has 118 valence electrons. The second kappa shape index (κ2) is 6.16. The molecule has 0 unspecified atom stereocenters. The maximum Gasteiger partial charge on any atom is 0.225 e. The SMILES string of the molecule is Cc1nn(C)c(C)c1CCC(=O)Nc1cnc2ccccc2n1. The molecule has 1 N–H and O–H groups in total. The highest BCUT2D eigenvalue weighted by Crippen LogP contribution is 2.15. The number of anilines is 1. The molecule has 0 saturated heterocycles. The van der Waals surface area contributed by atoms with Gasteiger partial charge < -0.3 is 5.32 Å². The minimum atomic E-state index is -0.0720. The number of carbonyl (C=O) groups is 1. The molecule has 6 heteroatoms. The second-order valence-corrected chi connectivity index (χ2v) is 5.57. The van der Waals surface area contributed by atoms with Gasteiger partial charge in [0.05, 0.1) is 22.9 Å². The molecule has 0 spiro atoms. The van der Waals surface area contributed by atoms with Gasteiger partial charge in [0.25, 0.3) is 0 Å². The number of nitrogens with zero attached hydrogens (tertiary/aromatic N) is 4. The Hall–Kier alpha value is -2.76. The number of hydrogen-bond donors (Lipinski definition) is 1. The maximum atomic E-state index is 12.1. The number of amides is 1. The lowest BCUT2D eigenvalue weighted by Crippen LogP contribution is -2.14. The van der Waals surface area contributed by atoms with Crippen LogP contribution in [0, 0.1) is 13.8 Å². The monoisotopic (exact) mass is 309 g/mol. The Balaban J connectivity index is 1.66. The van der Waals surface area contributed by atoms with Crippen molar-refractivity contribution in [2.24, 2.45) is 7.05 Å². The topological polar surface area (TPSA) is 72.7 Å². The van der Waals surface area contributed by atoms with E-state index in [0.717, 1.165) is 28.0 Å². The van der Waals surface area contributed by atoms with Gasteiger partial charge in [0.15, 0.2) is 5.82 Å². The number of aromatic nitrogens is 4. The Morgan fingerprint density at radius 3 is 2.65 bits per heavy atom. The van der Waals surface area contributed by atoms with Gasteiger partial charge in [-0.15, -0.1) is 0 Å². The van der Waals surface area contributed by atoms with Crippen molar-refractivity contribution in [3.8, 4) is 0 Å². The van der Waals surface area contributed by atoms with Gasteiger partial charge in [0.2, 0.25) is 5.91 Å². The van der Waals surface area contributed by atoms with Crippen molar-refractivity contribution in [2.45, 2.75) is 26.7 Å². The summed E-state index contributed by atoms with van der Waals surface area (Å²) < 4.78 is 1.84. The summed E-state index contributed by atoms with van der Waals surface area (Å²) in [6.07, 6.45) is 2.64. The number of fused-ring (bicyclic) bond motifs is 1. The molecule has 1 aromatic carbocycles. The van der Waals surface area contributed by atoms with E-state index >= 15 is 0 Å². The normalized spacial score (nSPS) is 10.9. The summed E-state index contributed by atoms with van der Waals surface area (Å²) in [5.74, 6) is 0.408. The van der Waals surface area contributed by atoms with Crippen molar-refractivity contribution in [2.75, 3.05) is 5.32 Å². The lowest BCUT2D eigenvalue weighted by atomic mass is 10.1. The van der Waals surface area contributed by atoms with E-state index < -0.39 is 0 Å². The molecule has 0 bridgehead atoms. The quantitative estimate of drug-likeness (QED) is 0.804. The average Bonchev–Trinajstić information content (AvgIpc) is 2.78. The Bertz CT molecular complexity index is 869. The van der Waals surface area contributed by atoms with Gasteiger partial charge in [0, 0.05) is 19.2 Å². The van der Waals surface area contributed by atoms with Crippen LogP contribution in [0.2, 0.25) is 0 Å². The van der Waals surface area contributed by atoms with E-state index in [1.165, 1.54) is 0 Å². The third-order valence-corrected chi connectivity index (χ3v) is 3.98. The Labute approximate surface area is 134 Å². The van der Waals surface area contributed by atoms with E-state index in [2.05, 4.69) is 20.4 Å². The summed E-state index contributed by atoms with van der Waals surface area (Å²) >= 11 is 0. The van der Waals surface area contributed by atoms with Crippen LogP contribution in [-0.4, -0.2) is 25.7 Å². The lowest BCUT2D eigenvalue weighted by Gasteiger charge is -2.06. The first-order valence-corrected chi connectivity index (χ1v) is 7.55. The van der Waals surface area contributed by atoms with Crippen molar-refractivity contribution >= 4 is 22.8 Å². The van der Waals surface area contributed by atoms with E-state index in [1.54, 1.807) is 6.20 Å². The zero-order valence-electron chi connectivity index (χ0n) is 13.5. The molecule has 1 amide bonds. The van der Waals surface area contributed by atoms with Crippen LogP contribution in [0.15, 0.2) is 30.5 Å². The van der Waals surface area contributed by atoms with Crippen molar-refractivity contribution in [1.29, 1.82) is 0 Å². The first-order chi connectivity index (χ1) is 11.0. The molecule has 3 aromatic rings. The molecule has 0 aliphatic heterocycles. The van der Waals surface area contributed by atoms with Gasteiger partial charge in [-0.3, -0.25) is 14.5 Å². The lowest BCUT2D eigenvalue weighted by molar-refractivity contribution is -0.116. The van der Waals surface area contributed by atoms with Crippen LogP contribution in [0.3, 0.4) is 0 Å². The molecule has 23 heavy (non-hydrogen) atoms. The van der Waals surface area contributed by atoms with Crippen LogP contribution in [0.25, 0.3) is 11.0 Å². The number of nitrogens with one attached hydrogen (secondary N) is 1. The minimum Gasteiger partial charge on any atom is -0.309 e. The summed E-state index contributed by atoms with van der Waals surface area (Å²) in [5, 5.41) is 7.18. The van der Waals surface area contributed by atoms with Crippen LogP contribution >= 0.6 is 0 Å². The fourth-order valence-electron chi connectivity index (χ4n) is 2.64. The summed E-state index contributed by atoms with van der Waals surface area (Å²) in [6, 6.07) is 7.58. The Morgan fingerprint density at radius 1 is 1.22 bits per heavy atom. The van der Waals surface area contributed by atoms with Crippen LogP contribution in [0.4, 0.5) is 5.82 Å². The summed E-state index contributed by atoms with van der Waals surface area (Å²) in [5.41, 5.74) is 4.78. The molecular weight excluding hydrogens is 290 g/mol. The number of rotatable bonds is 4. The van der Waals surface area contributed by atoms with E-state index in [4.69, 9.17) is 0 Å². The number of benzene rings is 1. The highest BCUT2D eigenvalue weighted by atomic mass is 16.1. The molecule has 6 nitrogen and oxygen atoms in total. The van der Waals surface area contributed by atoms with Crippen molar-refractivity contribution < 1.29 is 4.79 Å². The number of aryl methyl sites for hydroxylation is 2. The van der Waals surface area contributed by atoms with E-state index in [-0.39, 0.29) is 5.91 Å². The fourth-order valence-corrected chi connectivity index (χ4v) is 2.64. The zero-order chi connectivity index (χ0) is 16.4. The molecule has 0 aliphatic carbocycles. The van der Waals surface area contributed by atoms with Crippen LogP contribution in [0.5, 0.6) is 0 Å². The molecular formula is C17H19N5O. The van der Waals surface area contributed by atoms with Gasteiger partial charge in [0.1, 0.15) is 0 Å². The molecule has 2 aromatic heterocycles. The second-order valence-electron chi connectivity index (χ2n) is 5.57. The van der Waals surface area contributed by atoms with E-state index in [0.29, 0.717) is 18.7 Å². The van der Waals surface area contributed by atoms with Crippen LogP contribution in [-0.2, 0) is 18.3 Å². The van der Waals surface area contributed by atoms with Gasteiger partial charge >= 0.3 is 0 Å². The molecule has 0 saturated carbocycles. The van der Waals surface area contributed by atoms with Crippen LogP contribution in [0.1, 0.15) is 23.4 Å². The molecule has 0 fully saturated rings. The van der Waals surface area contributed by atoms with Gasteiger partial charge in [-0.25, -0.2) is 4.98 Å². The molecule has 0 radical (unpaired) electrons. The van der Waals surface area contributed by atoms with Gasteiger partial charge in [-0.1, -0.05) is 12.1 Å². The molecule has 3 rings (SSSR count). The fraction of sp³-hybridized carbons (Fsp3) is 0.294. The van der Waals surface area contributed by atoms with E-state index in [1.807, 2.05) is 49.8 Å². The molecule has 0 atom stereocenters. The number of carbonyl (C=O) groups excluding carboxylic acids is 1.